The molecule has 0 radical (unpaired) electrons. The minimum Gasteiger partial charge on any atom is -0.395 e. The van der Waals surface area contributed by atoms with Crippen LogP contribution in [0.15, 0.2) is 0 Å². The predicted octanol–water partition coefficient (Wildman–Crippen LogP) is 0.927. The van der Waals surface area contributed by atoms with Gasteiger partial charge in [-0.2, -0.15) is 0 Å². The lowest BCUT2D eigenvalue weighted by molar-refractivity contribution is 0.0279. The van der Waals surface area contributed by atoms with Gasteiger partial charge in [-0.1, -0.05) is 6.42 Å². The van der Waals surface area contributed by atoms with Crippen LogP contribution in [0.3, 0.4) is 0 Å². The number of nitrogens with zero attached hydrogens (tertiary/aromatic N) is 2. The van der Waals surface area contributed by atoms with E-state index in [1.807, 2.05) is 0 Å². The summed E-state index contributed by atoms with van der Waals surface area (Å²) in [6.07, 6.45) is 6.39. The normalized spacial score (nSPS) is 32.0. The molecule has 0 aromatic rings. The first-order valence-corrected chi connectivity index (χ1v) is 6.36. The molecule has 3 nitrogen and oxygen atoms in total. The van der Waals surface area contributed by atoms with Crippen LogP contribution in [0.25, 0.3) is 0 Å². The van der Waals surface area contributed by atoms with E-state index in [4.69, 9.17) is 0 Å². The van der Waals surface area contributed by atoms with Crippen molar-refractivity contribution < 1.29 is 5.11 Å². The summed E-state index contributed by atoms with van der Waals surface area (Å²) in [6, 6.07) is 1.19. The highest BCUT2D eigenvalue weighted by Crippen LogP contribution is 2.24. The van der Waals surface area contributed by atoms with Crippen molar-refractivity contribution in [2.75, 3.05) is 33.3 Å². The monoisotopic (exact) mass is 212 g/mol. The fraction of sp³-hybridized carbons (Fsp3) is 1.00. The molecule has 0 aromatic carbocycles. The van der Waals surface area contributed by atoms with Crippen molar-refractivity contribution >= 4 is 0 Å². The van der Waals surface area contributed by atoms with E-state index in [0.29, 0.717) is 12.6 Å². The molecule has 2 heterocycles. The molecule has 2 fully saturated rings. The van der Waals surface area contributed by atoms with Crippen LogP contribution in [0.2, 0.25) is 0 Å². The summed E-state index contributed by atoms with van der Waals surface area (Å²) >= 11 is 0. The van der Waals surface area contributed by atoms with Crippen LogP contribution >= 0.6 is 0 Å². The van der Waals surface area contributed by atoms with Gasteiger partial charge in [-0.25, -0.2) is 0 Å². The van der Waals surface area contributed by atoms with Crippen LogP contribution in [0.1, 0.15) is 32.1 Å². The SMILES string of the molecule is CN1CCC(N2CCCCC2CO)CC1. The van der Waals surface area contributed by atoms with Gasteiger partial charge in [0, 0.05) is 12.1 Å². The molecule has 0 aliphatic carbocycles. The summed E-state index contributed by atoms with van der Waals surface area (Å²) in [5, 5.41) is 9.39. The Hall–Kier alpha value is -0.120. The van der Waals surface area contributed by atoms with Gasteiger partial charge in [0.2, 0.25) is 0 Å². The van der Waals surface area contributed by atoms with Gasteiger partial charge in [-0.15, -0.1) is 0 Å². The van der Waals surface area contributed by atoms with Gasteiger partial charge in [-0.3, -0.25) is 4.90 Å². The molecule has 1 N–H and O–H groups in total. The molecule has 0 saturated carbocycles. The maximum Gasteiger partial charge on any atom is 0.0586 e. The molecule has 88 valence electrons. The Morgan fingerprint density at radius 2 is 1.80 bits per heavy atom. The van der Waals surface area contributed by atoms with Crippen LogP contribution in [-0.2, 0) is 0 Å². The number of aliphatic hydroxyl groups excluding tert-OH is 1. The lowest BCUT2D eigenvalue weighted by atomic mass is 9.95. The Kier molecular flexibility index (Phi) is 4.00. The number of hydrogen-bond donors (Lipinski definition) is 1. The highest BCUT2D eigenvalue weighted by Gasteiger charge is 2.29. The third kappa shape index (κ3) is 2.71. The van der Waals surface area contributed by atoms with E-state index in [-0.39, 0.29) is 0 Å². The average Bonchev–Trinajstić information content (AvgIpc) is 2.30. The highest BCUT2D eigenvalue weighted by molar-refractivity contribution is 4.85. The van der Waals surface area contributed by atoms with Crippen molar-refractivity contribution in [1.29, 1.82) is 0 Å². The zero-order valence-corrected chi connectivity index (χ0v) is 9.86. The van der Waals surface area contributed by atoms with Gasteiger partial charge in [0.05, 0.1) is 6.61 Å². The molecule has 2 aliphatic rings. The minimum atomic E-state index is 0.354. The molecule has 0 bridgehead atoms. The molecule has 0 aromatic heterocycles. The number of hydrogen-bond acceptors (Lipinski definition) is 3. The largest absolute Gasteiger partial charge is 0.395 e. The van der Waals surface area contributed by atoms with Crippen LogP contribution < -0.4 is 0 Å². The zero-order chi connectivity index (χ0) is 10.7. The Bertz CT molecular complexity index is 190. The molecule has 1 atom stereocenters. The van der Waals surface area contributed by atoms with Gasteiger partial charge in [-0.05, 0) is 52.4 Å². The topological polar surface area (TPSA) is 26.7 Å². The van der Waals surface area contributed by atoms with E-state index in [2.05, 4.69) is 16.8 Å². The number of piperidine rings is 2. The van der Waals surface area contributed by atoms with Crippen molar-refractivity contribution in [1.82, 2.24) is 9.80 Å². The average molecular weight is 212 g/mol. The third-order valence-corrected chi connectivity index (χ3v) is 4.04. The van der Waals surface area contributed by atoms with Crippen molar-refractivity contribution in [2.45, 2.75) is 44.2 Å². The lowest BCUT2D eigenvalue weighted by Crippen LogP contribution is -2.51. The molecule has 15 heavy (non-hydrogen) atoms. The van der Waals surface area contributed by atoms with Crippen LogP contribution in [0.4, 0.5) is 0 Å². The molecule has 0 amide bonds. The maximum atomic E-state index is 9.39. The Morgan fingerprint density at radius 3 is 2.47 bits per heavy atom. The second-order valence-corrected chi connectivity index (χ2v) is 5.10. The van der Waals surface area contributed by atoms with Crippen molar-refractivity contribution in [3.63, 3.8) is 0 Å². The molecule has 2 rings (SSSR count). The number of likely N-dealkylation sites (tertiary alicyclic amines) is 2. The zero-order valence-electron chi connectivity index (χ0n) is 9.86. The van der Waals surface area contributed by atoms with E-state index < -0.39 is 0 Å². The fourth-order valence-corrected chi connectivity index (χ4v) is 3.03. The Labute approximate surface area is 93.1 Å². The highest BCUT2D eigenvalue weighted by atomic mass is 16.3. The second kappa shape index (κ2) is 5.28. The summed E-state index contributed by atoms with van der Waals surface area (Å²) in [5.74, 6) is 0. The van der Waals surface area contributed by atoms with E-state index in [9.17, 15) is 5.11 Å². The first-order valence-electron chi connectivity index (χ1n) is 6.36. The summed E-state index contributed by atoms with van der Waals surface area (Å²) in [7, 11) is 2.20. The third-order valence-electron chi connectivity index (χ3n) is 4.04. The predicted molar refractivity (Wildman–Crippen MR) is 61.9 cm³/mol. The van der Waals surface area contributed by atoms with E-state index in [1.54, 1.807) is 0 Å². The van der Waals surface area contributed by atoms with Crippen LogP contribution in [0.5, 0.6) is 0 Å². The van der Waals surface area contributed by atoms with Crippen LogP contribution in [-0.4, -0.2) is 60.3 Å². The maximum absolute atomic E-state index is 9.39. The smallest absolute Gasteiger partial charge is 0.0586 e. The summed E-state index contributed by atoms with van der Waals surface area (Å²) in [4.78, 5) is 4.99. The standard InChI is InChI=1S/C12H24N2O/c1-13-8-5-11(6-9-13)14-7-3-2-4-12(14)10-15/h11-12,15H,2-10H2,1H3. The van der Waals surface area contributed by atoms with Crippen LogP contribution in [0, 0.1) is 0 Å². The lowest BCUT2D eigenvalue weighted by Gasteiger charge is -2.43. The van der Waals surface area contributed by atoms with E-state index in [1.165, 1.54) is 51.7 Å². The number of aliphatic hydroxyl groups is 1. The molecule has 0 spiro atoms. The van der Waals surface area contributed by atoms with Gasteiger partial charge in [0.25, 0.3) is 0 Å². The molecular weight excluding hydrogens is 188 g/mol. The van der Waals surface area contributed by atoms with E-state index >= 15 is 0 Å². The summed E-state index contributed by atoms with van der Waals surface area (Å²) in [5.41, 5.74) is 0. The Morgan fingerprint density at radius 1 is 1.07 bits per heavy atom. The quantitative estimate of drug-likeness (QED) is 0.737. The Balaban J connectivity index is 1.90. The summed E-state index contributed by atoms with van der Waals surface area (Å²) < 4.78 is 0. The van der Waals surface area contributed by atoms with Crippen molar-refractivity contribution in [3.05, 3.63) is 0 Å². The number of rotatable bonds is 2. The molecule has 2 saturated heterocycles. The van der Waals surface area contributed by atoms with Gasteiger partial charge in [0.1, 0.15) is 0 Å². The van der Waals surface area contributed by atoms with E-state index in [0.717, 1.165) is 6.04 Å². The first-order chi connectivity index (χ1) is 7.31. The van der Waals surface area contributed by atoms with Gasteiger partial charge >= 0.3 is 0 Å². The van der Waals surface area contributed by atoms with Gasteiger partial charge < -0.3 is 10.0 Å². The fourth-order valence-electron chi connectivity index (χ4n) is 3.03. The molecule has 1 unspecified atom stereocenters. The summed E-state index contributed by atoms with van der Waals surface area (Å²) in [6.45, 7) is 4.00. The van der Waals surface area contributed by atoms with Gasteiger partial charge in [0.15, 0.2) is 0 Å². The van der Waals surface area contributed by atoms with Crippen molar-refractivity contribution in [2.24, 2.45) is 0 Å². The molecule has 3 heteroatoms. The minimum absolute atomic E-state index is 0.354. The molecular formula is C12H24N2O. The molecule has 2 aliphatic heterocycles. The first kappa shape index (κ1) is 11.4. The second-order valence-electron chi connectivity index (χ2n) is 5.10. The van der Waals surface area contributed by atoms with Crippen molar-refractivity contribution in [3.8, 4) is 0 Å².